The number of piperazine rings is 1. The molecule has 1 unspecified atom stereocenters. The van der Waals surface area contributed by atoms with Gasteiger partial charge in [0.05, 0.1) is 5.52 Å². The maximum absolute atomic E-state index is 4.42. The molecule has 0 bridgehead atoms. The number of aliphatic imine (C=N–C) groups is 1. The van der Waals surface area contributed by atoms with Crippen LogP contribution in [0.15, 0.2) is 41.5 Å². The summed E-state index contributed by atoms with van der Waals surface area (Å²) >= 11 is 0. The molecule has 0 saturated carbocycles. The van der Waals surface area contributed by atoms with E-state index in [9.17, 15) is 0 Å². The van der Waals surface area contributed by atoms with Crippen LogP contribution >= 0.6 is 24.0 Å². The second kappa shape index (κ2) is 10.0. The smallest absolute Gasteiger partial charge is 0.191 e. The van der Waals surface area contributed by atoms with Crippen molar-refractivity contribution in [3.8, 4) is 0 Å². The van der Waals surface area contributed by atoms with E-state index >= 15 is 0 Å². The number of rotatable bonds is 4. The molecule has 1 aliphatic rings. The summed E-state index contributed by atoms with van der Waals surface area (Å²) in [5, 5.41) is 8.07. The number of hydrogen-bond acceptors (Lipinski definition) is 4. The van der Waals surface area contributed by atoms with E-state index < -0.39 is 0 Å². The first kappa shape index (κ1) is 20.9. The van der Waals surface area contributed by atoms with E-state index in [0.29, 0.717) is 6.04 Å². The maximum atomic E-state index is 4.42. The third kappa shape index (κ3) is 5.28. The molecule has 2 heterocycles. The molecule has 0 spiro atoms. The number of pyridine rings is 1. The van der Waals surface area contributed by atoms with Crippen molar-refractivity contribution in [3.63, 3.8) is 0 Å². The van der Waals surface area contributed by atoms with Gasteiger partial charge in [-0.3, -0.25) is 14.9 Å². The van der Waals surface area contributed by atoms with Crippen LogP contribution in [-0.4, -0.2) is 74.1 Å². The number of para-hydroxylation sites is 1. The number of halogens is 1. The normalized spacial score (nSPS) is 19.2. The minimum absolute atomic E-state index is 0. The molecule has 0 radical (unpaired) electrons. The molecule has 1 atom stereocenters. The van der Waals surface area contributed by atoms with Gasteiger partial charge in [-0.15, -0.1) is 24.0 Å². The Hall–Kier alpha value is -1.45. The zero-order valence-electron chi connectivity index (χ0n) is 15.8. The Bertz CT molecular complexity index is 730. The van der Waals surface area contributed by atoms with E-state index in [4.69, 9.17) is 0 Å². The fourth-order valence-corrected chi connectivity index (χ4v) is 3.25. The molecule has 3 rings (SSSR count). The van der Waals surface area contributed by atoms with E-state index in [1.807, 2.05) is 25.4 Å². The molecule has 7 heteroatoms. The van der Waals surface area contributed by atoms with E-state index in [2.05, 4.69) is 62.7 Å². The van der Waals surface area contributed by atoms with Gasteiger partial charge in [-0.05, 0) is 31.8 Å². The second-order valence-corrected chi connectivity index (χ2v) is 6.69. The number of benzene rings is 1. The summed E-state index contributed by atoms with van der Waals surface area (Å²) in [5.74, 6) is 0.836. The highest BCUT2D eigenvalue weighted by Gasteiger charge is 2.22. The van der Waals surface area contributed by atoms with Crippen LogP contribution in [0.1, 0.15) is 5.56 Å². The number of guanidine groups is 1. The van der Waals surface area contributed by atoms with Crippen molar-refractivity contribution < 1.29 is 0 Å². The molecule has 142 valence electrons. The van der Waals surface area contributed by atoms with E-state index in [-0.39, 0.29) is 24.0 Å². The van der Waals surface area contributed by atoms with Crippen LogP contribution in [0.4, 0.5) is 0 Å². The lowest BCUT2D eigenvalue weighted by molar-refractivity contribution is 0.116. The van der Waals surface area contributed by atoms with Gasteiger partial charge in [0.25, 0.3) is 0 Å². The summed E-state index contributed by atoms with van der Waals surface area (Å²) in [6, 6.07) is 10.8. The zero-order chi connectivity index (χ0) is 17.6. The van der Waals surface area contributed by atoms with Crippen LogP contribution in [-0.2, 0) is 6.54 Å². The van der Waals surface area contributed by atoms with Crippen molar-refractivity contribution >= 4 is 40.8 Å². The molecule has 1 aliphatic heterocycles. The molecule has 2 aromatic rings. The van der Waals surface area contributed by atoms with Gasteiger partial charge in [-0.1, -0.05) is 18.2 Å². The van der Waals surface area contributed by atoms with Crippen LogP contribution in [0.3, 0.4) is 0 Å². The highest BCUT2D eigenvalue weighted by atomic mass is 127. The molecule has 1 fully saturated rings. The highest BCUT2D eigenvalue weighted by molar-refractivity contribution is 14.0. The predicted octanol–water partition coefficient (Wildman–Crippen LogP) is 1.76. The average molecular weight is 468 g/mol. The van der Waals surface area contributed by atoms with Crippen LogP contribution in [0.5, 0.6) is 0 Å². The van der Waals surface area contributed by atoms with Crippen molar-refractivity contribution in [1.29, 1.82) is 0 Å². The first-order valence-electron chi connectivity index (χ1n) is 8.83. The van der Waals surface area contributed by atoms with Gasteiger partial charge in [0.1, 0.15) is 0 Å². The third-order valence-electron chi connectivity index (χ3n) is 4.89. The van der Waals surface area contributed by atoms with Crippen molar-refractivity contribution in [1.82, 2.24) is 25.4 Å². The average Bonchev–Trinajstić information content (AvgIpc) is 2.64. The summed E-state index contributed by atoms with van der Waals surface area (Å²) < 4.78 is 0. The van der Waals surface area contributed by atoms with E-state index in [1.54, 1.807) is 0 Å². The van der Waals surface area contributed by atoms with Gasteiger partial charge in [0, 0.05) is 57.4 Å². The summed E-state index contributed by atoms with van der Waals surface area (Å²) in [4.78, 5) is 13.6. The fraction of sp³-hybridized carbons (Fsp3) is 0.474. The van der Waals surface area contributed by atoms with Crippen molar-refractivity contribution in [2.75, 3.05) is 47.3 Å². The van der Waals surface area contributed by atoms with Crippen LogP contribution in [0.2, 0.25) is 0 Å². The molecule has 1 aromatic heterocycles. The quantitative estimate of drug-likeness (QED) is 0.407. The van der Waals surface area contributed by atoms with Gasteiger partial charge in [0.15, 0.2) is 5.96 Å². The van der Waals surface area contributed by atoms with Crippen molar-refractivity contribution in [3.05, 3.63) is 42.1 Å². The first-order valence-corrected chi connectivity index (χ1v) is 8.83. The molecular formula is C19H29IN6. The summed E-state index contributed by atoms with van der Waals surface area (Å²) in [7, 11) is 6.19. The number of aromatic nitrogens is 1. The van der Waals surface area contributed by atoms with Crippen LogP contribution in [0, 0.1) is 0 Å². The van der Waals surface area contributed by atoms with Crippen molar-refractivity contribution in [2.24, 2.45) is 4.99 Å². The molecular weight excluding hydrogens is 439 g/mol. The van der Waals surface area contributed by atoms with Gasteiger partial charge in [-0.2, -0.15) is 0 Å². The Balaban J connectivity index is 0.00000243. The van der Waals surface area contributed by atoms with Crippen LogP contribution < -0.4 is 10.6 Å². The Morgan fingerprint density at radius 1 is 1.19 bits per heavy atom. The highest BCUT2D eigenvalue weighted by Crippen LogP contribution is 2.15. The Morgan fingerprint density at radius 3 is 2.81 bits per heavy atom. The SMILES string of the molecule is CN=C(NCc1ccnc2ccccc12)NCC1CN(C)CCN1C.I. The molecule has 26 heavy (non-hydrogen) atoms. The predicted molar refractivity (Wildman–Crippen MR) is 119 cm³/mol. The van der Waals surface area contributed by atoms with Crippen molar-refractivity contribution in [2.45, 2.75) is 12.6 Å². The molecule has 0 aliphatic carbocycles. The first-order chi connectivity index (χ1) is 12.2. The lowest BCUT2D eigenvalue weighted by atomic mass is 10.1. The molecule has 1 saturated heterocycles. The Morgan fingerprint density at radius 2 is 2.00 bits per heavy atom. The topological polar surface area (TPSA) is 55.8 Å². The van der Waals surface area contributed by atoms with Gasteiger partial charge in [-0.25, -0.2) is 0 Å². The Labute approximate surface area is 173 Å². The fourth-order valence-electron chi connectivity index (χ4n) is 3.25. The summed E-state index contributed by atoms with van der Waals surface area (Å²) in [5.41, 5.74) is 2.25. The van der Waals surface area contributed by atoms with Gasteiger partial charge >= 0.3 is 0 Å². The summed E-state index contributed by atoms with van der Waals surface area (Å²) in [6.07, 6.45) is 1.86. The molecule has 0 amide bonds. The maximum Gasteiger partial charge on any atom is 0.191 e. The molecule has 1 aromatic carbocycles. The number of fused-ring (bicyclic) bond motifs is 1. The van der Waals surface area contributed by atoms with Gasteiger partial charge in [0.2, 0.25) is 0 Å². The second-order valence-electron chi connectivity index (χ2n) is 6.69. The number of nitrogens with one attached hydrogen (secondary N) is 2. The minimum atomic E-state index is 0. The number of nitrogens with zero attached hydrogens (tertiary/aromatic N) is 4. The number of likely N-dealkylation sites (N-methyl/N-ethyl adjacent to an activating group) is 2. The summed E-state index contributed by atoms with van der Waals surface area (Å²) in [6.45, 7) is 4.93. The molecule has 2 N–H and O–H groups in total. The monoisotopic (exact) mass is 468 g/mol. The lowest BCUT2D eigenvalue weighted by Crippen LogP contribution is -2.55. The largest absolute Gasteiger partial charge is 0.355 e. The number of hydrogen-bond donors (Lipinski definition) is 2. The lowest BCUT2D eigenvalue weighted by Gasteiger charge is -2.37. The minimum Gasteiger partial charge on any atom is -0.355 e. The van der Waals surface area contributed by atoms with Crippen LogP contribution in [0.25, 0.3) is 10.9 Å². The zero-order valence-corrected chi connectivity index (χ0v) is 18.1. The standard InChI is InChI=1S/C19H28N6.HI/c1-20-19(23-13-16-14-24(2)10-11-25(16)3)22-12-15-8-9-21-18-7-5-4-6-17(15)18;/h4-9,16H,10-14H2,1-3H3,(H2,20,22,23);1H. The Kier molecular flexibility index (Phi) is 8.05. The molecule has 6 nitrogen and oxygen atoms in total. The van der Waals surface area contributed by atoms with E-state index in [0.717, 1.165) is 44.2 Å². The van der Waals surface area contributed by atoms with Gasteiger partial charge < -0.3 is 15.5 Å². The third-order valence-corrected chi connectivity index (χ3v) is 4.89. The van der Waals surface area contributed by atoms with E-state index in [1.165, 1.54) is 10.9 Å².